The fourth-order valence-electron chi connectivity index (χ4n) is 2.64. The van der Waals surface area contributed by atoms with Gasteiger partial charge in [-0.2, -0.15) is 0 Å². The van der Waals surface area contributed by atoms with Gasteiger partial charge in [0.2, 0.25) is 11.8 Å². The summed E-state index contributed by atoms with van der Waals surface area (Å²) in [5.74, 6) is -0.718. The van der Waals surface area contributed by atoms with Crippen LogP contribution in [0, 0.1) is 5.92 Å². The molecule has 0 bridgehead atoms. The zero-order chi connectivity index (χ0) is 18.4. The normalized spacial score (nSPS) is 13.3. The maximum Gasteiger partial charge on any atom is 0.242 e. The topological polar surface area (TPSA) is 98.2 Å². The summed E-state index contributed by atoms with van der Waals surface area (Å²) < 4.78 is 0. The van der Waals surface area contributed by atoms with E-state index < -0.39 is 23.9 Å². The Kier molecular flexibility index (Phi) is 6.31. The summed E-state index contributed by atoms with van der Waals surface area (Å²) in [5, 5.41) is 2.65. The van der Waals surface area contributed by atoms with Gasteiger partial charge in [0.1, 0.15) is 12.1 Å². The van der Waals surface area contributed by atoms with Crippen molar-refractivity contribution in [1.29, 1.82) is 0 Å². The number of amides is 2. The fraction of sp³-hybridized carbons (Fsp3) is 0.300. The van der Waals surface area contributed by atoms with Crippen molar-refractivity contribution in [3.05, 3.63) is 60.2 Å². The first kappa shape index (κ1) is 18.7. The van der Waals surface area contributed by atoms with Gasteiger partial charge in [-0.3, -0.25) is 9.59 Å². The molecule has 0 fully saturated rings. The molecule has 2 rings (SSSR count). The third kappa shape index (κ3) is 5.16. The molecule has 25 heavy (non-hydrogen) atoms. The van der Waals surface area contributed by atoms with Gasteiger partial charge >= 0.3 is 0 Å². The van der Waals surface area contributed by atoms with Gasteiger partial charge in [0.25, 0.3) is 0 Å². The van der Waals surface area contributed by atoms with Crippen molar-refractivity contribution in [3.8, 4) is 11.1 Å². The second-order valence-corrected chi connectivity index (χ2v) is 6.56. The Hall–Kier alpha value is -2.66. The maximum atomic E-state index is 12.4. The predicted molar refractivity (Wildman–Crippen MR) is 99.4 cm³/mol. The van der Waals surface area contributed by atoms with E-state index >= 15 is 0 Å². The molecule has 5 heteroatoms. The Morgan fingerprint density at radius 1 is 0.960 bits per heavy atom. The molecule has 5 nitrogen and oxygen atoms in total. The van der Waals surface area contributed by atoms with E-state index in [1.165, 1.54) is 0 Å². The van der Waals surface area contributed by atoms with E-state index in [0.29, 0.717) is 12.0 Å². The third-order valence-corrected chi connectivity index (χ3v) is 4.03. The van der Waals surface area contributed by atoms with Crippen LogP contribution in [0.1, 0.15) is 31.9 Å². The highest BCUT2D eigenvalue weighted by Gasteiger charge is 2.23. The lowest BCUT2D eigenvalue weighted by Crippen LogP contribution is -2.48. The van der Waals surface area contributed by atoms with Crippen LogP contribution in [0.5, 0.6) is 0 Å². The van der Waals surface area contributed by atoms with Crippen LogP contribution >= 0.6 is 0 Å². The lowest BCUT2D eigenvalue weighted by Gasteiger charge is -2.20. The van der Waals surface area contributed by atoms with E-state index in [4.69, 9.17) is 11.5 Å². The first-order valence-corrected chi connectivity index (χ1v) is 8.39. The Morgan fingerprint density at radius 2 is 1.52 bits per heavy atom. The number of nitrogens with two attached hydrogens (primary N) is 2. The number of hydrogen-bond donors (Lipinski definition) is 3. The molecule has 2 amide bonds. The van der Waals surface area contributed by atoms with Crippen LogP contribution in [0.4, 0.5) is 0 Å². The highest BCUT2D eigenvalue weighted by molar-refractivity contribution is 5.89. The summed E-state index contributed by atoms with van der Waals surface area (Å²) in [6.45, 7) is 3.93. The fourth-order valence-corrected chi connectivity index (χ4v) is 2.64. The minimum atomic E-state index is -0.848. The summed E-state index contributed by atoms with van der Waals surface area (Å²) in [7, 11) is 0. The summed E-state index contributed by atoms with van der Waals surface area (Å²) >= 11 is 0. The molecule has 0 saturated heterocycles. The quantitative estimate of drug-likeness (QED) is 0.722. The minimum Gasteiger partial charge on any atom is -0.368 e. The van der Waals surface area contributed by atoms with Crippen LogP contribution in [0.2, 0.25) is 0 Å². The lowest BCUT2D eigenvalue weighted by atomic mass is 9.99. The van der Waals surface area contributed by atoms with Crippen molar-refractivity contribution in [2.24, 2.45) is 17.4 Å². The molecule has 0 saturated carbocycles. The zero-order valence-electron chi connectivity index (χ0n) is 14.6. The Morgan fingerprint density at radius 3 is 2.04 bits per heavy atom. The van der Waals surface area contributed by atoms with E-state index in [9.17, 15) is 9.59 Å². The van der Waals surface area contributed by atoms with Crippen molar-refractivity contribution in [2.75, 3.05) is 0 Å². The summed E-state index contributed by atoms with van der Waals surface area (Å²) in [5.41, 5.74) is 14.2. The average molecular weight is 339 g/mol. The molecule has 132 valence electrons. The number of benzene rings is 2. The minimum absolute atomic E-state index is 0.235. The van der Waals surface area contributed by atoms with Gasteiger partial charge in [0.15, 0.2) is 0 Å². The van der Waals surface area contributed by atoms with Crippen molar-refractivity contribution < 1.29 is 9.59 Å². The number of primary amides is 1. The van der Waals surface area contributed by atoms with E-state index in [2.05, 4.69) is 5.32 Å². The molecule has 0 aliphatic heterocycles. The average Bonchev–Trinajstić information content (AvgIpc) is 2.61. The second-order valence-electron chi connectivity index (χ2n) is 6.56. The van der Waals surface area contributed by atoms with Crippen molar-refractivity contribution in [2.45, 2.75) is 32.4 Å². The molecule has 0 aliphatic carbocycles. The van der Waals surface area contributed by atoms with E-state index in [0.717, 1.165) is 11.1 Å². The van der Waals surface area contributed by atoms with Gasteiger partial charge < -0.3 is 16.8 Å². The summed E-state index contributed by atoms with van der Waals surface area (Å²) in [6.07, 6.45) is 0.487. The SMILES string of the molecule is CC(C)C[C@H](NC(=O)C(N)c1ccc(-c2ccccc2)cc1)C(N)=O. The van der Waals surface area contributed by atoms with Crippen LogP contribution in [0.25, 0.3) is 11.1 Å². The highest BCUT2D eigenvalue weighted by Crippen LogP contribution is 2.21. The van der Waals surface area contributed by atoms with Gasteiger partial charge in [-0.1, -0.05) is 68.4 Å². The van der Waals surface area contributed by atoms with Crippen molar-refractivity contribution >= 4 is 11.8 Å². The van der Waals surface area contributed by atoms with Crippen molar-refractivity contribution in [1.82, 2.24) is 5.32 Å². The number of carbonyl (C=O) groups excluding carboxylic acids is 2. The Balaban J connectivity index is 2.07. The molecular weight excluding hydrogens is 314 g/mol. The van der Waals surface area contributed by atoms with Gasteiger partial charge in [-0.05, 0) is 29.0 Å². The van der Waals surface area contributed by atoms with Crippen LogP contribution < -0.4 is 16.8 Å². The van der Waals surface area contributed by atoms with Crippen LogP contribution in [-0.2, 0) is 9.59 Å². The summed E-state index contributed by atoms with van der Waals surface area (Å²) in [6, 6.07) is 15.9. The number of hydrogen-bond acceptors (Lipinski definition) is 3. The second kappa shape index (κ2) is 8.44. The Labute approximate surface area is 148 Å². The predicted octanol–water partition coefficient (Wildman–Crippen LogP) is 2.37. The highest BCUT2D eigenvalue weighted by atomic mass is 16.2. The molecule has 0 heterocycles. The molecule has 2 aromatic rings. The molecule has 0 spiro atoms. The smallest absolute Gasteiger partial charge is 0.242 e. The number of rotatable bonds is 7. The molecule has 0 radical (unpaired) electrons. The maximum absolute atomic E-state index is 12.4. The molecule has 5 N–H and O–H groups in total. The summed E-state index contributed by atoms with van der Waals surface area (Å²) in [4.78, 5) is 23.8. The van der Waals surface area contributed by atoms with Gasteiger partial charge in [0.05, 0.1) is 0 Å². The van der Waals surface area contributed by atoms with Gasteiger partial charge in [-0.25, -0.2) is 0 Å². The number of nitrogens with one attached hydrogen (secondary N) is 1. The molecule has 2 atom stereocenters. The zero-order valence-corrected chi connectivity index (χ0v) is 14.6. The van der Waals surface area contributed by atoms with E-state index in [1.807, 2.05) is 68.4 Å². The van der Waals surface area contributed by atoms with E-state index in [1.54, 1.807) is 0 Å². The Bertz CT molecular complexity index is 711. The molecule has 0 aliphatic rings. The molecular formula is C20H25N3O2. The third-order valence-electron chi connectivity index (χ3n) is 4.03. The standard InChI is InChI=1S/C20H25N3O2/c1-13(2)12-17(19(22)24)23-20(25)18(21)16-10-8-15(9-11-16)14-6-4-3-5-7-14/h3-11,13,17-18H,12,21H2,1-2H3,(H2,22,24)(H,23,25)/t17-,18?/m0/s1. The number of carbonyl (C=O) groups is 2. The van der Waals surface area contributed by atoms with Crippen LogP contribution in [0.3, 0.4) is 0 Å². The van der Waals surface area contributed by atoms with Gasteiger partial charge in [-0.15, -0.1) is 0 Å². The van der Waals surface area contributed by atoms with Crippen molar-refractivity contribution in [3.63, 3.8) is 0 Å². The molecule has 2 aromatic carbocycles. The van der Waals surface area contributed by atoms with Crippen LogP contribution in [0.15, 0.2) is 54.6 Å². The van der Waals surface area contributed by atoms with Gasteiger partial charge in [0, 0.05) is 0 Å². The first-order valence-electron chi connectivity index (χ1n) is 8.39. The van der Waals surface area contributed by atoms with E-state index in [-0.39, 0.29) is 5.92 Å². The molecule has 1 unspecified atom stereocenters. The monoisotopic (exact) mass is 339 g/mol. The van der Waals surface area contributed by atoms with Crippen LogP contribution in [-0.4, -0.2) is 17.9 Å². The lowest BCUT2D eigenvalue weighted by molar-refractivity contribution is -0.128. The molecule has 0 aromatic heterocycles. The first-order chi connectivity index (χ1) is 11.9. The largest absolute Gasteiger partial charge is 0.368 e.